The molecule has 0 saturated heterocycles. The van der Waals surface area contributed by atoms with E-state index in [1.807, 2.05) is 0 Å². The van der Waals surface area contributed by atoms with Crippen molar-refractivity contribution >= 4 is 5.95 Å². The molecular formula is C13H13F3N4O. The van der Waals surface area contributed by atoms with Gasteiger partial charge in [0.1, 0.15) is 11.4 Å². The minimum atomic E-state index is -4.57. The van der Waals surface area contributed by atoms with Gasteiger partial charge in [-0.05, 0) is 25.1 Å². The van der Waals surface area contributed by atoms with E-state index in [0.717, 1.165) is 6.07 Å². The molecule has 5 nitrogen and oxygen atoms in total. The number of halogens is 3. The van der Waals surface area contributed by atoms with Crippen LogP contribution >= 0.6 is 0 Å². The summed E-state index contributed by atoms with van der Waals surface area (Å²) < 4.78 is 43.9. The van der Waals surface area contributed by atoms with E-state index < -0.39 is 11.9 Å². The predicted octanol–water partition coefficient (Wildman–Crippen LogP) is 3.00. The molecule has 0 atom stereocenters. The fraction of sp³-hybridized carbons (Fsp3) is 0.308. The van der Waals surface area contributed by atoms with Crippen molar-refractivity contribution in [2.45, 2.75) is 13.1 Å². The second-order valence-electron chi connectivity index (χ2n) is 4.04. The Balaban J connectivity index is 2.59. The van der Waals surface area contributed by atoms with Crippen LogP contribution < -0.4 is 10.1 Å². The highest BCUT2D eigenvalue weighted by atomic mass is 19.4. The largest absolute Gasteiger partial charge is 0.494 e. The third-order valence-corrected chi connectivity index (χ3v) is 2.58. The molecular weight excluding hydrogens is 285 g/mol. The van der Waals surface area contributed by atoms with Crippen molar-refractivity contribution in [1.29, 1.82) is 0 Å². The Kier molecular flexibility index (Phi) is 4.25. The molecule has 0 aliphatic carbocycles. The molecule has 1 N–H and O–H groups in total. The number of nitrogens with zero attached hydrogens (tertiary/aromatic N) is 3. The molecule has 0 spiro atoms. The van der Waals surface area contributed by atoms with Gasteiger partial charge >= 0.3 is 6.18 Å². The summed E-state index contributed by atoms with van der Waals surface area (Å²) >= 11 is 0. The Morgan fingerprint density at radius 3 is 2.67 bits per heavy atom. The van der Waals surface area contributed by atoms with E-state index in [1.54, 1.807) is 19.1 Å². The Bertz CT molecular complexity index is 631. The van der Waals surface area contributed by atoms with Gasteiger partial charge in [-0.1, -0.05) is 0 Å². The first kappa shape index (κ1) is 15.0. The SMILES string of the molecule is CCNc1nc(-c2ncccc2OC)cc(C(F)(F)F)n1. The van der Waals surface area contributed by atoms with Crippen molar-refractivity contribution in [3.63, 3.8) is 0 Å². The molecule has 0 amide bonds. The fourth-order valence-corrected chi connectivity index (χ4v) is 1.70. The van der Waals surface area contributed by atoms with Crippen LogP contribution in [0.5, 0.6) is 5.75 Å². The van der Waals surface area contributed by atoms with Crippen LogP contribution in [0.1, 0.15) is 12.6 Å². The lowest BCUT2D eigenvalue weighted by Crippen LogP contribution is -2.13. The number of ether oxygens (including phenoxy) is 1. The minimum absolute atomic E-state index is 0.0470. The van der Waals surface area contributed by atoms with Crippen molar-refractivity contribution in [3.05, 3.63) is 30.1 Å². The monoisotopic (exact) mass is 298 g/mol. The number of alkyl halides is 3. The molecule has 21 heavy (non-hydrogen) atoms. The lowest BCUT2D eigenvalue weighted by atomic mass is 10.2. The minimum Gasteiger partial charge on any atom is -0.494 e. The van der Waals surface area contributed by atoms with E-state index in [1.165, 1.54) is 13.3 Å². The van der Waals surface area contributed by atoms with E-state index in [-0.39, 0.29) is 17.3 Å². The molecule has 0 fully saturated rings. The third kappa shape index (κ3) is 3.39. The van der Waals surface area contributed by atoms with E-state index in [0.29, 0.717) is 12.3 Å². The maximum atomic E-state index is 12.9. The van der Waals surface area contributed by atoms with Crippen LogP contribution in [0.25, 0.3) is 11.4 Å². The number of nitrogens with one attached hydrogen (secondary N) is 1. The highest BCUT2D eigenvalue weighted by Gasteiger charge is 2.34. The molecule has 112 valence electrons. The molecule has 0 aliphatic rings. The van der Waals surface area contributed by atoms with E-state index >= 15 is 0 Å². The van der Waals surface area contributed by atoms with Crippen molar-refractivity contribution in [2.24, 2.45) is 0 Å². The normalized spacial score (nSPS) is 11.3. The summed E-state index contributed by atoms with van der Waals surface area (Å²) in [7, 11) is 1.41. The highest BCUT2D eigenvalue weighted by Crippen LogP contribution is 2.33. The number of pyridine rings is 1. The summed E-state index contributed by atoms with van der Waals surface area (Å²) in [5.74, 6) is 0.238. The van der Waals surface area contributed by atoms with Crippen LogP contribution in [-0.4, -0.2) is 28.6 Å². The zero-order chi connectivity index (χ0) is 15.5. The zero-order valence-electron chi connectivity index (χ0n) is 11.4. The van der Waals surface area contributed by atoms with Gasteiger partial charge in [0.05, 0.1) is 12.8 Å². The molecule has 0 aromatic carbocycles. The van der Waals surface area contributed by atoms with Gasteiger partial charge in [0.25, 0.3) is 0 Å². The van der Waals surface area contributed by atoms with E-state index in [4.69, 9.17) is 4.74 Å². The molecule has 0 unspecified atom stereocenters. The first-order valence-electron chi connectivity index (χ1n) is 6.15. The van der Waals surface area contributed by atoms with Crippen LogP contribution in [0.2, 0.25) is 0 Å². The predicted molar refractivity (Wildman–Crippen MR) is 71.0 cm³/mol. The summed E-state index contributed by atoms with van der Waals surface area (Å²) in [5.41, 5.74) is -0.756. The van der Waals surface area contributed by atoms with Gasteiger partial charge in [-0.15, -0.1) is 0 Å². The summed E-state index contributed by atoms with van der Waals surface area (Å²) in [6.07, 6.45) is -3.11. The number of hydrogen-bond donors (Lipinski definition) is 1. The van der Waals surface area contributed by atoms with Gasteiger partial charge < -0.3 is 10.1 Å². The molecule has 0 radical (unpaired) electrons. The van der Waals surface area contributed by atoms with Crippen molar-refractivity contribution < 1.29 is 17.9 Å². The molecule has 8 heteroatoms. The van der Waals surface area contributed by atoms with Crippen LogP contribution in [-0.2, 0) is 6.18 Å². The number of methoxy groups -OCH3 is 1. The maximum Gasteiger partial charge on any atom is 0.433 e. The van der Waals surface area contributed by atoms with Gasteiger partial charge in [-0.25, -0.2) is 9.97 Å². The van der Waals surface area contributed by atoms with E-state index in [2.05, 4.69) is 20.3 Å². The Labute approximate surface area is 119 Å². The van der Waals surface area contributed by atoms with Crippen molar-refractivity contribution in [1.82, 2.24) is 15.0 Å². The highest BCUT2D eigenvalue weighted by molar-refractivity contribution is 5.63. The summed E-state index contributed by atoms with van der Waals surface area (Å²) in [6, 6.07) is 4.08. The number of rotatable bonds is 4. The maximum absolute atomic E-state index is 12.9. The molecule has 2 heterocycles. The lowest BCUT2D eigenvalue weighted by Gasteiger charge is -2.12. The molecule has 2 aromatic rings. The second kappa shape index (κ2) is 5.94. The average Bonchev–Trinajstić information content (AvgIpc) is 2.46. The van der Waals surface area contributed by atoms with Crippen molar-refractivity contribution in [3.8, 4) is 17.1 Å². The molecule has 0 saturated carbocycles. The zero-order valence-corrected chi connectivity index (χ0v) is 11.4. The van der Waals surface area contributed by atoms with Crippen LogP contribution in [0.4, 0.5) is 19.1 Å². The molecule has 0 aliphatic heterocycles. The van der Waals surface area contributed by atoms with Gasteiger partial charge in [0.2, 0.25) is 5.95 Å². The number of hydrogen-bond acceptors (Lipinski definition) is 5. The van der Waals surface area contributed by atoms with Crippen molar-refractivity contribution in [2.75, 3.05) is 19.0 Å². The summed E-state index contributed by atoms with van der Waals surface area (Å²) in [6.45, 7) is 2.14. The van der Waals surface area contributed by atoms with Crippen LogP contribution in [0, 0.1) is 0 Å². The first-order valence-corrected chi connectivity index (χ1v) is 6.15. The van der Waals surface area contributed by atoms with E-state index in [9.17, 15) is 13.2 Å². The lowest BCUT2D eigenvalue weighted by molar-refractivity contribution is -0.141. The van der Waals surface area contributed by atoms with Crippen LogP contribution in [0.15, 0.2) is 24.4 Å². The Morgan fingerprint density at radius 2 is 2.05 bits per heavy atom. The number of aromatic nitrogens is 3. The fourth-order valence-electron chi connectivity index (χ4n) is 1.70. The quantitative estimate of drug-likeness (QED) is 0.940. The van der Waals surface area contributed by atoms with Gasteiger partial charge in [0.15, 0.2) is 5.69 Å². The smallest absolute Gasteiger partial charge is 0.433 e. The standard InChI is InChI=1S/C13H13F3N4O/c1-3-17-12-19-8(7-10(20-12)13(14,15)16)11-9(21-2)5-4-6-18-11/h4-7H,3H2,1-2H3,(H,17,19,20). The molecule has 0 bridgehead atoms. The van der Waals surface area contributed by atoms with Crippen LogP contribution in [0.3, 0.4) is 0 Å². The van der Waals surface area contributed by atoms with Gasteiger partial charge in [-0.3, -0.25) is 4.98 Å². The summed E-state index contributed by atoms with van der Waals surface area (Å²) in [4.78, 5) is 11.5. The molecule has 2 rings (SSSR count). The average molecular weight is 298 g/mol. The topological polar surface area (TPSA) is 59.9 Å². The number of anilines is 1. The third-order valence-electron chi connectivity index (χ3n) is 2.58. The Hall–Kier alpha value is -2.38. The first-order chi connectivity index (χ1) is 9.95. The van der Waals surface area contributed by atoms with Gasteiger partial charge in [-0.2, -0.15) is 13.2 Å². The second-order valence-corrected chi connectivity index (χ2v) is 4.04. The van der Waals surface area contributed by atoms with Gasteiger partial charge in [0, 0.05) is 12.7 Å². The molecule has 2 aromatic heterocycles. The Morgan fingerprint density at radius 1 is 1.29 bits per heavy atom. The summed E-state index contributed by atoms with van der Waals surface area (Å²) in [5, 5.41) is 2.68.